The summed E-state index contributed by atoms with van der Waals surface area (Å²) in [5, 5.41) is 6.07. The van der Waals surface area contributed by atoms with Gasteiger partial charge in [0.15, 0.2) is 0 Å². The molecular formula is C27H28N2O4. The van der Waals surface area contributed by atoms with Gasteiger partial charge < -0.3 is 9.47 Å². The first-order valence-electron chi connectivity index (χ1n) is 11.5. The van der Waals surface area contributed by atoms with E-state index < -0.39 is 5.97 Å². The summed E-state index contributed by atoms with van der Waals surface area (Å²) in [5.74, 6) is 0.554. The number of rotatable bonds is 7. The van der Waals surface area contributed by atoms with Gasteiger partial charge in [-0.15, -0.1) is 0 Å². The summed E-state index contributed by atoms with van der Waals surface area (Å²) in [7, 11) is 0. The lowest BCUT2D eigenvalue weighted by molar-refractivity contribution is -0.125. The Labute approximate surface area is 193 Å². The molecule has 0 bridgehead atoms. The van der Waals surface area contributed by atoms with Crippen molar-refractivity contribution < 1.29 is 19.1 Å². The van der Waals surface area contributed by atoms with Crippen molar-refractivity contribution in [3.8, 4) is 11.5 Å². The Bertz CT molecular complexity index is 1150. The Kier molecular flexibility index (Phi) is 7.35. The molecule has 1 aliphatic rings. The predicted molar refractivity (Wildman–Crippen MR) is 129 cm³/mol. The van der Waals surface area contributed by atoms with E-state index in [1.807, 2.05) is 37.3 Å². The molecule has 0 heterocycles. The standard InChI is InChI=1S/C27H28N2O4/c1-2-32-22-15-12-21(13-16-22)27(31)33-25-17-14-19-8-6-7-11-23(19)24(25)18-28-29-26(30)20-9-4-3-5-10-20/h6-8,11-18,20H,2-5,9-10H2,1H3,(H,29,30)/b28-18+. The molecule has 0 aromatic heterocycles. The molecule has 1 amide bonds. The Balaban J connectivity index is 1.55. The molecule has 170 valence electrons. The van der Waals surface area contributed by atoms with Crippen molar-refractivity contribution in [3.05, 3.63) is 71.8 Å². The summed E-state index contributed by atoms with van der Waals surface area (Å²) >= 11 is 0. The van der Waals surface area contributed by atoms with Gasteiger partial charge in [-0.05, 0) is 60.9 Å². The second-order valence-corrected chi connectivity index (χ2v) is 8.11. The summed E-state index contributed by atoms with van der Waals surface area (Å²) in [4.78, 5) is 25.2. The molecular weight excluding hydrogens is 416 g/mol. The van der Waals surface area contributed by atoms with Crippen LogP contribution in [0.5, 0.6) is 11.5 Å². The number of carbonyl (C=O) groups excluding carboxylic acids is 2. The highest BCUT2D eigenvalue weighted by Gasteiger charge is 2.20. The van der Waals surface area contributed by atoms with Gasteiger partial charge in [-0.1, -0.05) is 49.6 Å². The molecule has 3 aromatic rings. The lowest BCUT2D eigenvalue weighted by Gasteiger charge is -2.19. The number of carbonyl (C=O) groups is 2. The third-order valence-electron chi connectivity index (χ3n) is 5.88. The molecule has 0 spiro atoms. The highest BCUT2D eigenvalue weighted by atomic mass is 16.5. The quantitative estimate of drug-likeness (QED) is 0.226. The fourth-order valence-corrected chi connectivity index (χ4v) is 4.13. The minimum atomic E-state index is -0.478. The van der Waals surface area contributed by atoms with Crippen LogP contribution in [0.4, 0.5) is 0 Å². The predicted octanol–water partition coefficient (Wildman–Crippen LogP) is 5.49. The molecule has 0 atom stereocenters. The molecule has 1 saturated carbocycles. The summed E-state index contributed by atoms with van der Waals surface area (Å²) in [6, 6.07) is 18.2. The zero-order valence-corrected chi connectivity index (χ0v) is 18.8. The van der Waals surface area contributed by atoms with Crippen LogP contribution >= 0.6 is 0 Å². The summed E-state index contributed by atoms with van der Waals surface area (Å²) in [6.45, 7) is 2.46. The maximum atomic E-state index is 12.8. The molecule has 3 aromatic carbocycles. The number of ether oxygens (including phenoxy) is 2. The van der Waals surface area contributed by atoms with E-state index in [2.05, 4.69) is 10.5 Å². The Morgan fingerprint density at radius 2 is 1.76 bits per heavy atom. The number of benzene rings is 3. The minimum absolute atomic E-state index is 0.0142. The lowest BCUT2D eigenvalue weighted by Crippen LogP contribution is -2.28. The van der Waals surface area contributed by atoms with Gasteiger partial charge in [0.2, 0.25) is 5.91 Å². The van der Waals surface area contributed by atoms with Crippen molar-refractivity contribution in [2.45, 2.75) is 39.0 Å². The molecule has 4 rings (SSSR count). The normalized spacial score (nSPS) is 14.3. The summed E-state index contributed by atoms with van der Waals surface area (Å²) in [6.07, 6.45) is 6.71. The number of hydrazone groups is 1. The SMILES string of the molecule is CCOc1ccc(C(=O)Oc2ccc3ccccc3c2/C=N/NC(=O)C2CCCCC2)cc1. The maximum absolute atomic E-state index is 12.8. The van der Waals surface area contributed by atoms with Crippen molar-refractivity contribution in [2.75, 3.05) is 6.61 Å². The Hall–Kier alpha value is -3.67. The van der Waals surface area contributed by atoms with E-state index in [4.69, 9.17) is 9.47 Å². The van der Waals surface area contributed by atoms with E-state index in [0.29, 0.717) is 29.2 Å². The number of esters is 1. The van der Waals surface area contributed by atoms with Gasteiger partial charge >= 0.3 is 5.97 Å². The zero-order valence-electron chi connectivity index (χ0n) is 18.8. The number of hydrogen-bond acceptors (Lipinski definition) is 5. The highest BCUT2D eigenvalue weighted by molar-refractivity contribution is 6.04. The first-order valence-corrected chi connectivity index (χ1v) is 11.5. The smallest absolute Gasteiger partial charge is 0.343 e. The van der Waals surface area contributed by atoms with Crippen LogP contribution in [-0.4, -0.2) is 24.7 Å². The van der Waals surface area contributed by atoms with Crippen molar-refractivity contribution >= 4 is 28.9 Å². The molecule has 1 fully saturated rings. The van der Waals surface area contributed by atoms with Crippen molar-refractivity contribution in [1.82, 2.24) is 5.43 Å². The van der Waals surface area contributed by atoms with Crippen molar-refractivity contribution in [1.29, 1.82) is 0 Å². The monoisotopic (exact) mass is 444 g/mol. The van der Waals surface area contributed by atoms with Gasteiger partial charge in [-0.3, -0.25) is 4.79 Å². The summed E-state index contributed by atoms with van der Waals surface area (Å²) < 4.78 is 11.2. The van der Waals surface area contributed by atoms with Crippen LogP contribution in [0, 0.1) is 5.92 Å². The third-order valence-corrected chi connectivity index (χ3v) is 5.88. The second-order valence-electron chi connectivity index (χ2n) is 8.11. The molecule has 6 nitrogen and oxygen atoms in total. The van der Waals surface area contributed by atoms with Gasteiger partial charge in [0.05, 0.1) is 18.4 Å². The molecule has 0 unspecified atom stereocenters. The van der Waals surface area contributed by atoms with Crippen LogP contribution in [0.15, 0.2) is 65.8 Å². The molecule has 0 aliphatic heterocycles. The van der Waals surface area contributed by atoms with Crippen molar-refractivity contribution in [2.24, 2.45) is 11.0 Å². The first-order chi connectivity index (χ1) is 16.2. The molecule has 0 saturated heterocycles. The van der Waals surface area contributed by atoms with E-state index in [9.17, 15) is 9.59 Å². The Morgan fingerprint density at radius 3 is 2.52 bits per heavy atom. The fraction of sp³-hybridized carbons (Fsp3) is 0.296. The van der Waals surface area contributed by atoms with Crippen LogP contribution in [0.2, 0.25) is 0 Å². The number of amides is 1. The first kappa shape index (κ1) is 22.5. The number of hydrogen-bond donors (Lipinski definition) is 1. The van der Waals surface area contributed by atoms with Gasteiger partial charge in [-0.25, -0.2) is 10.2 Å². The van der Waals surface area contributed by atoms with Crippen LogP contribution in [0.25, 0.3) is 10.8 Å². The average molecular weight is 445 g/mol. The van der Waals surface area contributed by atoms with E-state index >= 15 is 0 Å². The number of fused-ring (bicyclic) bond motifs is 1. The second kappa shape index (κ2) is 10.8. The van der Waals surface area contributed by atoms with Crippen LogP contribution in [-0.2, 0) is 4.79 Å². The topological polar surface area (TPSA) is 77.0 Å². The van der Waals surface area contributed by atoms with E-state index in [0.717, 1.165) is 36.5 Å². The van der Waals surface area contributed by atoms with Crippen LogP contribution < -0.4 is 14.9 Å². The largest absolute Gasteiger partial charge is 0.494 e. The molecule has 1 N–H and O–H groups in total. The van der Waals surface area contributed by atoms with Crippen LogP contribution in [0.1, 0.15) is 54.9 Å². The van der Waals surface area contributed by atoms with Crippen LogP contribution in [0.3, 0.4) is 0 Å². The average Bonchev–Trinajstić information content (AvgIpc) is 2.86. The minimum Gasteiger partial charge on any atom is -0.494 e. The maximum Gasteiger partial charge on any atom is 0.343 e. The van der Waals surface area contributed by atoms with Gasteiger partial charge in [0, 0.05) is 11.5 Å². The number of nitrogens with one attached hydrogen (secondary N) is 1. The van der Waals surface area contributed by atoms with E-state index in [-0.39, 0.29) is 11.8 Å². The molecule has 0 radical (unpaired) electrons. The van der Waals surface area contributed by atoms with E-state index in [1.54, 1.807) is 36.5 Å². The fourth-order valence-electron chi connectivity index (χ4n) is 4.13. The lowest BCUT2D eigenvalue weighted by atomic mass is 9.89. The zero-order chi connectivity index (χ0) is 23.0. The van der Waals surface area contributed by atoms with E-state index in [1.165, 1.54) is 6.42 Å². The molecule has 1 aliphatic carbocycles. The number of nitrogens with zero attached hydrogens (tertiary/aromatic N) is 1. The molecule has 33 heavy (non-hydrogen) atoms. The highest BCUT2D eigenvalue weighted by Crippen LogP contribution is 2.28. The van der Waals surface area contributed by atoms with Gasteiger partial charge in [-0.2, -0.15) is 5.10 Å². The Morgan fingerprint density at radius 1 is 1.00 bits per heavy atom. The van der Waals surface area contributed by atoms with Gasteiger partial charge in [0.25, 0.3) is 0 Å². The third kappa shape index (κ3) is 5.58. The molecule has 6 heteroatoms. The van der Waals surface area contributed by atoms with Gasteiger partial charge in [0.1, 0.15) is 11.5 Å². The summed E-state index contributed by atoms with van der Waals surface area (Å²) in [5.41, 5.74) is 3.72. The van der Waals surface area contributed by atoms with Crippen molar-refractivity contribution in [3.63, 3.8) is 0 Å².